The summed E-state index contributed by atoms with van der Waals surface area (Å²) >= 11 is 1.78. The van der Waals surface area contributed by atoms with Gasteiger partial charge in [0, 0.05) is 43.7 Å². The van der Waals surface area contributed by atoms with Gasteiger partial charge in [0.25, 0.3) is 0 Å². The zero-order chi connectivity index (χ0) is 22.1. The van der Waals surface area contributed by atoms with E-state index in [1.54, 1.807) is 39.7 Å². The van der Waals surface area contributed by atoms with E-state index in [1.807, 2.05) is 12.1 Å². The van der Waals surface area contributed by atoms with Gasteiger partial charge in [-0.3, -0.25) is 9.89 Å². The summed E-state index contributed by atoms with van der Waals surface area (Å²) in [4.78, 5) is 8.19. The maximum absolute atomic E-state index is 5.55. The Morgan fingerprint density at radius 2 is 1.81 bits per heavy atom. The minimum absolute atomic E-state index is 0. The van der Waals surface area contributed by atoms with Crippen LogP contribution in [0.1, 0.15) is 16.5 Å². The van der Waals surface area contributed by atoms with Crippen molar-refractivity contribution in [3.63, 3.8) is 0 Å². The van der Waals surface area contributed by atoms with Crippen LogP contribution in [-0.2, 0) is 11.3 Å². The summed E-state index contributed by atoms with van der Waals surface area (Å²) in [6.45, 7) is 4.64. The lowest BCUT2D eigenvalue weighted by atomic mass is 10.1. The van der Waals surface area contributed by atoms with Gasteiger partial charge in [0.15, 0.2) is 5.96 Å². The zero-order valence-electron chi connectivity index (χ0n) is 19.1. The number of ether oxygens (including phenoxy) is 4. The molecule has 1 atom stereocenters. The second-order valence-electron chi connectivity index (χ2n) is 7.00. The number of halogens is 1. The Balaban J connectivity index is 0.00000363. The maximum atomic E-state index is 5.55. The lowest BCUT2D eigenvalue weighted by Crippen LogP contribution is -2.46. The van der Waals surface area contributed by atoms with Crippen molar-refractivity contribution in [3.8, 4) is 17.2 Å². The van der Waals surface area contributed by atoms with Crippen molar-refractivity contribution in [2.45, 2.75) is 12.6 Å². The van der Waals surface area contributed by atoms with Gasteiger partial charge in [-0.15, -0.1) is 35.3 Å². The highest BCUT2D eigenvalue weighted by atomic mass is 127. The molecule has 32 heavy (non-hydrogen) atoms. The summed E-state index contributed by atoms with van der Waals surface area (Å²) in [7, 11) is 6.67. The van der Waals surface area contributed by atoms with Crippen molar-refractivity contribution in [2.24, 2.45) is 4.99 Å². The van der Waals surface area contributed by atoms with Crippen molar-refractivity contribution >= 4 is 41.3 Å². The molecule has 1 aromatic heterocycles. The van der Waals surface area contributed by atoms with Crippen molar-refractivity contribution in [1.82, 2.24) is 15.5 Å². The predicted octanol–water partition coefficient (Wildman–Crippen LogP) is 3.13. The number of rotatable bonds is 9. The smallest absolute Gasteiger partial charge is 0.191 e. The Kier molecular flexibility index (Phi) is 11.4. The van der Waals surface area contributed by atoms with Crippen LogP contribution in [0.4, 0.5) is 0 Å². The van der Waals surface area contributed by atoms with E-state index in [1.165, 1.54) is 4.88 Å². The average molecular weight is 577 g/mol. The van der Waals surface area contributed by atoms with Gasteiger partial charge in [-0.1, -0.05) is 6.07 Å². The summed E-state index contributed by atoms with van der Waals surface area (Å²) in [5.41, 5.74) is 0.900. The van der Waals surface area contributed by atoms with Crippen LogP contribution in [0.25, 0.3) is 0 Å². The first kappa shape index (κ1) is 26.5. The van der Waals surface area contributed by atoms with Gasteiger partial charge in [-0.05, 0) is 11.4 Å². The Morgan fingerprint density at radius 1 is 1.12 bits per heavy atom. The highest BCUT2D eigenvalue weighted by molar-refractivity contribution is 14.0. The maximum Gasteiger partial charge on any atom is 0.191 e. The van der Waals surface area contributed by atoms with E-state index in [2.05, 4.69) is 38.0 Å². The van der Waals surface area contributed by atoms with Gasteiger partial charge in [0.1, 0.15) is 17.2 Å². The van der Waals surface area contributed by atoms with Gasteiger partial charge in [-0.2, -0.15) is 0 Å². The fourth-order valence-electron chi connectivity index (χ4n) is 3.62. The molecule has 3 rings (SSSR count). The third kappa shape index (κ3) is 6.87. The molecule has 2 N–H and O–H groups in total. The van der Waals surface area contributed by atoms with E-state index in [0.29, 0.717) is 23.8 Å². The van der Waals surface area contributed by atoms with E-state index < -0.39 is 0 Å². The predicted molar refractivity (Wildman–Crippen MR) is 139 cm³/mol. The Labute approximate surface area is 211 Å². The van der Waals surface area contributed by atoms with E-state index in [9.17, 15) is 0 Å². The Bertz CT molecular complexity index is 819. The second-order valence-corrected chi connectivity index (χ2v) is 7.98. The Hall–Kier alpha value is -1.76. The molecule has 8 nitrogen and oxygen atoms in total. The van der Waals surface area contributed by atoms with E-state index in [0.717, 1.165) is 44.4 Å². The third-order valence-corrected chi connectivity index (χ3v) is 6.27. The van der Waals surface area contributed by atoms with Crippen LogP contribution in [0, 0.1) is 0 Å². The van der Waals surface area contributed by atoms with Crippen LogP contribution < -0.4 is 24.8 Å². The first-order chi connectivity index (χ1) is 15.2. The molecular formula is C22H33IN4O4S. The summed E-state index contributed by atoms with van der Waals surface area (Å²) in [6.07, 6.45) is 0. The molecule has 0 spiro atoms. The number of methoxy groups -OCH3 is 3. The lowest BCUT2D eigenvalue weighted by Gasteiger charge is -2.34. The number of nitrogens with one attached hydrogen (secondary N) is 2. The van der Waals surface area contributed by atoms with Gasteiger partial charge in [0.05, 0.1) is 52.7 Å². The van der Waals surface area contributed by atoms with Crippen LogP contribution in [0.5, 0.6) is 17.2 Å². The quantitative estimate of drug-likeness (QED) is 0.270. The molecule has 0 saturated carbocycles. The molecule has 0 amide bonds. The van der Waals surface area contributed by atoms with Gasteiger partial charge in [-0.25, -0.2) is 0 Å². The van der Waals surface area contributed by atoms with E-state index >= 15 is 0 Å². The number of hydrogen-bond acceptors (Lipinski definition) is 7. The zero-order valence-corrected chi connectivity index (χ0v) is 22.2. The van der Waals surface area contributed by atoms with Crippen LogP contribution in [0.2, 0.25) is 0 Å². The number of hydrogen-bond donors (Lipinski definition) is 2. The summed E-state index contributed by atoms with van der Waals surface area (Å²) in [5.74, 6) is 2.80. The molecule has 0 radical (unpaired) electrons. The summed E-state index contributed by atoms with van der Waals surface area (Å²) in [6, 6.07) is 8.26. The molecule has 178 valence electrons. The molecule has 1 aromatic carbocycles. The van der Waals surface area contributed by atoms with E-state index in [4.69, 9.17) is 18.9 Å². The molecule has 1 aliphatic heterocycles. The van der Waals surface area contributed by atoms with E-state index in [-0.39, 0.29) is 30.0 Å². The SMILES string of the molecule is CN=C(NCc1c(OC)cc(OC)cc1OC)NCC(c1cccs1)N1CCOCC1.I. The number of thiophene rings is 1. The van der Waals surface area contributed by atoms with Crippen LogP contribution in [0.3, 0.4) is 0 Å². The molecule has 2 heterocycles. The van der Waals surface area contributed by atoms with Crippen LogP contribution in [-0.4, -0.2) is 72.1 Å². The summed E-state index contributed by atoms with van der Waals surface area (Å²) in [5, 5.41) is 8.98. The highest BCUT2D eigenvalue weighted by Crippen LogP contribution is 2.34. The molecule has 1 unspecified atom stereocenters. The first-order valence-corrected chi connectivity index (χ1v) is 11.2. The molecule has 2 aromatic rings. The lowest BCUT2D eigenvalue weighted by molar-refractivity contribution is 0.0177. The van der Waals surface area contributed by atoms with Crippen molar-refractivity contribution in [3.05, 3.63) is 40.1 Å². The standard InChI is InChI=1S/C22H32N4O4S.HI/c1-23-22(24-14-17-19(28-3)12-16(27-2)13-20(17)29-4)25-15-18(21-6-5-11-31-21)26-7-9-30-10-8-26;/h5-6,11-13,18H,7-10,14-15H2,1-4H3,(H2,23,24,25);1H. The largest absolute Gasteiger partial charge is 0.496 e. The number of nitrogens with zero attached hydrogens (tertiary/aromatic N) is 2. The van der Waals surface area contributed by atoms with Gasteiger partial charge < -0.3 is 29.6 Å². The van der Waals surface area contributed by atoms with Crippen molar-refractivity contribution in [1.29, 1.82) is 0 Å². The molecule has 0 aliphatic carbocycles. The van der Waals surface area contributed by atoms with Crippen LogP contribution in [0.15, 0.2) is 34.6 Å². The van der Waals surface area contributed by atoms with Gasteiger partial charge in [0.2, 0.25) is 0 Å². The molecule has 1 aliphatic rings. The second kappa shape index (κ2) is 13.7. The molecular weight excluding hydrogens is 543 g/mol. The van der Waals surface area contributed by atoms with Crippen molar-refractivity contribution in [2.75, 3.05) is 61.2 Å². The third-order valence-electron chi connectivity index (χ3n) is 5.29. The number of benzene rings is 1. The topological polar surface area (TPSA) is 76.6 Å². The van der Waals surface area contributed by atoms with Crippen molar-refractivity contribution < 1.29 is 18.9 Å². The highest BCUT2D eigenvalue weighted by Gasteiger charge is 2.23. The fourth-order valence-corrected chi connectivity index (χ4v) is 4.48. The number of aliphatic imine (C=N–C) groups is 1. The molecule has 10 heteroatoms. The molecule has 1 saturated heterocycles. The monoisotopic (exact) mass is 576 g/mol. The minimum atomic E-state index is 0. The van der Waals surface area contributed by atoms with Gasteiger partial charge >= 0.3 is 0 Å². The molecule has 0 bridgehead atoms. The Morgan fingerprint density at radius 3 is 2.34 bits per heavy atom. The number of guanidine groups is 1. The normalized spacial score (nSPS) is 15.4. The summed E-state index contributed by atoms with van der Waals surface area (Å²) < 4.78 is 22.0. The minimum Gasteiger partial charge on any atom is -0.496 e. The molecule has 1 fully saturated rings. The fraction of sp³-hybridized carbons (Fsp3) is 0.500. The first-order valence-electron chi connectivity index (χ1n) is 10.3. The number of morpholine rings is 1. The average Bonchev–Trinajstić information content (AvgIpc) is 3.36. The van der Waals surface area contributed by atoms with Crippen LogP contribution >= 0.6 is 35.3 Å².